The Morgan fingerprint density at radius 1 is 1.03 bits per heavy atom. The smallest absolute Gasteiger partial charge is 0.421 e. The molecule has 1 amide bonds. The largest absolute Gasteiger partial charge is 0.444 e. The highest BCUT2D eigenvalue weighted by Gasteiger charge is 2.28. The maximum Gasteiger partial charge on any atom is 0.421 e. The first-order valence-corrected chi connectivity index (χ1v) is 12.9. The van der Waals surface area contributed by atoms with Crippen molar-refractivity contribution in [3.63, 3.8) is 0 Å². The summed E-state index contributed by atoms with van der Waals surface area (Å²) in [6.07, 6.45) is 0.978. The highest BCUT2D eigenvalue weighted by Crippen LogP contribution is 2.24. The van der Waals surface area contributed by atoms with Gasteiger partial charge in [0.05, 0.1) is 11.0 Å². The SMILES string of the molecule is CC(C)C(CN1CCC(Nc2nc3ccccc3n2C(=O)OC(C)(C)C)CC1)NC(=O)OC(C)(C)C. The number of ether oxygens (including phenoxy) is 2. The van der Waals surface area contributed by atoms with Gasteiger partial charge in [0.1, 0.15) is 11.2 Å². The lowest BCUT2D eigenvalue weighted by Crippen LogP contribution is -2.50. The highest BCUT2D eigenvalue weighted by atomic mass is 16.6. The van der Waals surface area contributed by atoms with E-state index in [1.165, 1.54) is 4.57 Å². The Labute approximate surface area is 214 Å². The molecule has 36 heavy (non-hydrogen) atoms. The minimum Gasteiger partial charge on any atom is -0.444 e. The molecular formula is C27H43N5O4. The molecule has 2 heterocycles. The van der Waals surface area contributed by atoms with E-state index in [1.54, 1.807) is 0 Å². The molecule has 2 aromatic rings. The van der Waals surface area contributed by atoms with Crippen molar-refractivity contribution < 1.29 is 19.1 Å². The number of aromatic nitrogens is 2. The summed E-state index contributed by atoms with van der Waals surface area (Å²) in [6, 6.07) is 7.76. The molecule has 1 fully saturated rings. The maximum absolute atomic E-state index is 13.0. The van der Waals surface area contributed by atoms with Crippen LogP contribution in [-0.2, 0) is 9.47 Å². The number of carbonyl (C=O) groups is 2. The van der Waals surface area contributed by atoms with Gasteiger partial charge in [0.25, 0.3) is 0 Å². The van der Waals surface area contributed by atoms with Crippen LogP contribution in [0.1, 0.15) is 68.2 Å². The predicted molar refractivity (Wildman–Crippen MR) is 142 cm³/mol. The number of fused-ring (bicyclic) bond motifs is 1. The summed E-state index contributed by atoms with van der Waals surface area (Å²) in [5, 5.41) is 6.54. The Balaban J connectivity index is 1.63. The summed E-state index contributed by atoms with van der Waals surface area (Å²) in [5.74, 6) is 0.789. The van der Waals surface area contributed by atoms with Crippen LogP contribution in [0.4, 0.5) is 15.5 Å². The minimum absolute atomic E-state index is 0.000672. The van der Waals surface area contributed by atoms with Gasteiger partial charge in [-0.15, -0.1) is 0 Å². The van der Waals surface area contributed by atoms with Crippen LogP contribution in [0, 0.1) is 5.92 Å². The Bertz CT molecular complexity index is 1040. The van der Waals surface area contributed by atoms with Crippen molar-refractivity contribution >= 4 is 29.2 Å². The van der Waals surface area contributed by atoms with Crippen molar-refractivity contribution in [2.24, 2.45) is 5.92 Å². The molecule has 0 bridgehead atoms. The molecule has 1 aliphatic heterocycles. The second-order valence-corrected chi connectivity index (χ2v) is 12.0. The van der Waals surface area contributed by atoms with Gasteiger partial charge in [-0.3, -0.25) is 0 Å². The van der Waals surface area contributed by atoms with Crippen LogP contribution < -0.4 is 10.6 Å². The molecule has 1 aliphatic rings. The van der Waals surface area contributed by atoms with Gasteiger partial charge in [-0.25, -0.2) is 19.1 Å². The number of likely N-dealkylation sites (tertiary alicyclic amines) is 1. The average Bonchev–Trinajstić information content (AvgIpc) is 3.10. The predicted octanol–water partition coefficient (Wildman–Crippen LogP) is 5.25. The topological polar surface area (TPSA) is 97.7 Å². The quantitative estimate of drug-likeness (QED) is 0.558. The van der Waals surface area contributed by atoms with Crippen molar-refractivity contribution in [1.82, 2.24) is 19.8 Å². The molecule has 200 valence electrons. The van der Waals surface area contributed by atoms with Crippen LogP contribution in [0.5, 0.6) is 0 Å². The van der Waals surface area contributed by atoms with E-state index >= 15 is 0 Å². The molecule has 2 N–H and O–H groups in total. The van der Waals surface area contributed by atoms with Gasteiger partial charge in [0.15, 0.2) is 0 Å². The van der Waals surface area contributed by atoms with Crippen molar-refractivity contribution in [3.8, 4) is 0 Å². The number of anilines is 1. The normalized spacial score (nSPS) is 16.7. The number of para-hydroxylation sites is 2. The summed E-state index contributed by atoms with van der Waals surface area (Å²) >= 11 is 0. The first-order valence-electron chi connectivity index (χ1n) is 12.9. The first-order chi connectivity index (χ1) is 16.7. The van der Waals surface area contributed by atoms with Gasteiger partial charge in [-0.05, 0) is 72.4 Å². The van der Waals surface area contributed by atoms with Crippen molar-refractivity contribution in [3.05, 3.63) is 24.3 Å². The second-order valence-electron chi connectivity index (χ2n) is 12.0. The lowest BCUT2D eigenvalue weighted by atomic mass is 10.0. The summed E-state index contributed by atoms with van der Waals surface area (Å²) < 4.78 is 12.6. The number of carbonyl (C=O) groups excluding carboxylic acids is 2. The fraction of sp³-hybridized carbons (Fsp3) is 0.667. The van der Waals surface area contributed by atoms with Crippen molar-refractivity contribution in [2.75, 3.05) is 25.0 Å². The van der Waals surface area contributed by atoms with Crippen LogP contribution in [0.25, 0.3) is 11.0 Å². The van der Waals surface area contributed by atoms with E-state index in [4.69, 9.17) is 9.47 Å². The number of amides is 1. The number of nitrogens with zero attached hydrogens (tertiary/aromatic N) is 3. The standard InChI is InChI=1S/C27H43N5O4/c1-18(2)21(30-24(33)35-26(3,4)5)17-31-15-13-19(14-16-31)28-23-29-20-11-9-10-12-22(20)32(23)25(34)36-27(6,7)8/h9-12,18-19,21H,13-17H2,1-8H3,(H,28,29)(H,30,33). The van der Waals surface area contributed by atoms with E-state index in [-0.39, 0.29) is 24.1 Å². The summed E-state index contributed by atoms with van der Waals surface area (Å²) in [5.41, 5.74) is 0.340. The molecule has 1 aromatic carbocycles. The van der Waals surface area contributed by atoms with Gasteiger partial charge in [-0.1, -0.05) is 26.0 Å². The van der Waals surface area contributed by atoms with Gasteiger partial charge in [-0.2, -0.15) is 0 Å². The maximum atomic E-state index is 13.0. The van der Waals surface area contributed by atoms with E-state index in [1.807, 2.05) is 65.8 Å². The summed E-state index contributed by atoms with van der Waals surface area (Å²) in [6.45, 7) is 17.9. The Morgan fingerprint density at radius 2 is 1.64 bits per heavy atom. The van der Waals surface area contributed by atoms with Crippen LogP contribution in [0.2, 0.25) is 0 Å². The third kappa shape index (κ3) is 7.85. The van der Waals surface area contributed by atoms with Crippen LogP contribution in [0.3, 0.4) is 0 Å². The van der Waals surface area contributed by atoms with Crippen LogP contribution in [0.15, 0.2) is 24.3 Å². The highest BCUT2D eigenvalue weighted by molar-refractivity contribution is 5.90. The number of nitrogens with one attached hydrogen (secondary N) is 2. The molecule has 0 aliphatic carbocycles. The molecule has 9 nitrogen and oxygen atoms in total. The van der Waals surface area contributed by atoms with Gasteiger partial charge < -0.3 is 25.0 Å². The van der Waals surface area contributed by atoms with E-state index in [0.29, 0.717) is 5.95 Å². The van der Waals surface area contributed by atoms with E-state index < -0.39 is 17.3 Å². The van der Waals surface area contributed by atoms with Crippen LogP contribution in [-0.4, -0.2) is 69.6 Å². The Morgan fingerprint density at radius 3 is 2.22 bits per heavy atom. The molecule has 0 radical (unpaired) electrons. The number of hydrogen-bond acceptors (Lipinski definition) is 7. The molecule has 1 aromatic heterocycles. The Hall–Kier alpha value is -2.81. The molecule has 1 saturated heterocycles. The van der Waals surface area contributed by atoms with Gasteiger partial charge >= 0.3 is 12.2 Å². The molecule has 3 rings (SSSR count). The number of alkyl carbamates (subject to hydrolysis) is 1. The monoisotopic (exact) mass is 501 g/mol. The first kappa shape index (κ1) is 27.8. The average molecular weight is 502 g/mol. The number of rotatable bonds is 6. The van der Waals surface area contributed by atoms with E-state index in [2.05, 4.69) is 34.4 Å². The van der Waals surface area contributed by atoms with Crippen molar-refractivity contribution in [2.45, 2.75) is 91.5 Å². The number of imidazole rings is 1. The third-order valence-corrected chi connectivity index (χ3v) is 6.02. The number of benzene rings is 1. The fourth-order valence-corrected chi connectivity index (χ4v) is 4.22. The van der Waals surface area contributed by atoms with Gasteiger partial charge in [0, 0.05) is 31.7 Å². The summed E-state index contributed by atoms with van der Waals surface area (Å²) in [4.78, 5) is 32.4. The number of hydrogen-bond donors (Lipinski definition) is 2. The zero-order valence-corrected chi connectivity index (χ0v) is 23.1. The second kappa shape index (κ2) is 11.1. The molecule has 1 unspecified atom stereocenters. The van der Waals surface area contributed by atoms with Gasteiger partial charge in [0.2, 0.25) is 5.95 Å². The van der Waals surface area contributed by atoms with E-state index in [0.717, 1.165) is 43.5 Å². The molecule has 0 spiro atoms. The van der Waals surface area contributed by atoms with E-state index in [9.17, 15) is 9.59 Å². The zero-order valence-electron chi connectivity index (χ0n) is 23.1. The zero-order chi connectivity index (χ0) is 26.7. The Kier molecular flexibility index (Phi) is 8.54. The summed E-state index contributed by atoms with van der Waals surface area (Å²) in [7, 11) is 0. The van der Waals surface area contributed by atoms with Crippen LogP contribution >= 0.6 is 0 Å². The lowest BCUT2D eigenvalue weighted by molar-refractivity contribution is 0.0466. The number of piperidine rings is 1. The molecule has 1 atom stereocenters. The molecule has 9 heteroatoms. The molecule has 0 saturated carbocycles. The molecular weight excluding hydrogens is 458 g/mol. The fourth-order valence-electron chi connectivity index (χ4n) is 4.22. The van der Waals surface area contributed by atoms with Crippen molar-refractivity contribution in [1.29, 1.82) is 0 Å². The third-order valence-electron chi connectivity index (χ3n) is 6.02. The minimum atomic E-state index is -0.606. The lowest BCUT2D eigenvalue weighted by Gasteiger charge is -2.36.